The molecule has 0 atom stereocenters. The highest BCUT2D eigenvalue weighted by Gasteiger charge is 2.05. The van der Waals surface area contributed by atoms with E-state index in [1.807, 2.05) is 19.2 Å². The Bertz CT molecular complexity index is 535. The number of hydrogen-bond donors (Lipinski definition) is 1. The third kappa shape index (κ3) is 4.94. The molecule has 0 saturated carbocycles. The molecule has 2 aromatic rings. The summed E-state index contributed by atoms with van der Waals surface area (Å²) >= 11 is 0. The van der Waals surface area contributed by atoms with Crippen LogP contribution in [-0.2, 0) is 12.8 Å². The molecule has 1 aromatic carbocycles. The van der Waals surface area contributed by atoms with E-state index in [4.69, 9.17) is 0 Å². The first-order valence-corrected chi connectivity index (χ1v) is 7.43. The topological polar surface area (TPSA) is 38.9 Å². The second-order valence-corrected chi connectivity index (χ2v) is 4.83. The molecule has 2 rings (SSSR count). The second kappa shape index (κ2) is 9.24. The van der Waals surface area contributed by atoms with Gasteiger partial charge < -0.3 is 5.73 Å². The van der Waals surface area contributed by atoms with Gasteiger partial charge in [-0.25, -0.2) is 0 Å². The minimum absolute atomic E-state index is 0.245. The summed E-state index contributed by atoms with van der Waals surface area (Å²) in [6.07, 6.45) is 4.32. The van der Waals surface area contributed by atoms with Gasteiger partial charge in [-0.15, -0.1) is 0 Å². The van der Waals surface area contributed by atoms with Gasteiger partial charge in [0.1, 0.15) is 0 Å². The Morgan fingerprint density at radius 1 is 1.14 bits per heavy atom. The van der Waals surface area contributed by atoms with Gasteiger partial charge in [0, 0.05) is 17.5 Å². The lowest BCUT2D eigenvalue weighted by atomic mass is 9.95. The van der Waals surface area contributed by atoms with Gasteiger partial charge in [-0.2, -0.15) is 0 Å². The van der Waals surface area contributed by atoms with E-state index in [0.29, 0.717) is 6.42 Å². The molecule has 2 nitrogen and oxygen atoms in total. The summed E-state index contributed by atoms with van der Waals surface area (Å²) in [5.74, 6) is 0. The van der Waals surface area contributed by atoms with Crippen LogP contribution in [0.25, 0.3) is 11.1 Å². The monoisotopic (exact) mass is 288 g/mol. The van der Waals surface area contributed by atoms with Crippen molar-refractivity contribution in [1.82, 2.24) is 4.98 Å². The number of rotatable bonds is 5. The van der Waals surface area contributed by atoms with E-state index in [9.17, 15) is 4.39 Å². The number of nitrogens with two attached hydrogens (primary N) is 1. The summed E-state index contributed by atoms with van der Waals surface area (Å²) in [5.41, 5.74) is 10.4. The van der Waals surface area contributed by atoms with Gasteiger partial charge in [-0.1, -0.05) is 31.2 Å². The Morgan fingerprint density at radius 2 is 1.90 bits per heavy atom. The summed E-state index contributed by atoms with van der Waals surface area (Å²) in [5, 5.41) is 0. The average Bonchev–Trinajstić information content (AvgIpc) is 2.55. The fraction of sp³-hybridized carbons (Fsp3) is 0.389. The predicted molar refractivity (Wildman–Crippen MR) is 88.2 cm³/mol. The summed E-state index contributed by atoms with van der Waals surface area (Å²) < 4.78 is 12.2. The van der Waals surface area contributed by atoms with Crippen LogP contribution in [0.5, 0.6) is 0 Å². The zero-order valence-corrected chi connectivity index (χ0v) is 13.2. The summed E-state index contributed by atoms with van der Waals surface area (Å²) in [7, 11) is 1.50. The molecule has 0 amide bonds. The molecule has 2 N–H and O–H groups in total. The molecule has 114 valence electrons. The SMILES string of the molecule is CCc1cc(CCCF)ccc1-c1ccc(C)nc1.CN. The Kier molecular flexibility index (Phi) is 7.62. The van der Waals surface area contributed by atoms with Crippen molar-refractivity contribution in [1.29, 1.82) is 0 Å². The van der Waals surface area contributed by atoms with Gasteiger partial charge in [-0.05, 0) is 56.0 Å². The van der Waals surface area contributed by atoms with Crippen molar-refractivity contribution in [2.75, 3.05) is 13.7 Å². The standard InChI is InChI=1S/C17H20FN.CH5N/c1-3-15-11-14(5-4-10-18)7-9-17(15)16-8-6-13(2)19-12-16;1-2/h6-9,11-12H,3-5,10H2,1-2H3;2H2,1H3. The van der Waals surface area contributed by atoms with E-state index in [-0.39, 0.29) is 6.67 Å². The number of nitrogens with zero attached hydrogens (tertiary/aromatic N) is 1. The van der Waals surface area contributed by atoms with Crippen LogP contribution in [0.4, 0.5) is 4.39 Å². The predicted octanol–water partition coefficient (Wildman–Crippen LogP) is 4.10. The van der Waals surface area contributed by atoms with Crippen molar-refractivity contribution in [2.24, 2.45) is 5.73 Å². The zero-order chi connectivity index (χ0) is 15.7. The van der Waals surface area contributed by atoms with Crippen LogP contribution in [0, 0.1) is 6.92 Å². The Balaban J connectivity index is 0.00000106. The highest BCUT2D eigenvalue weighted by atomic mass is 19.1. The molecule has 0 fully saturated rings. The fourth-order valence-corrected chi connectivity index (χ4v) is 2.27. The average molecular weight is 288 g/mol. The third-order valence-corrected chi connectivity index (χ3v) is 3.37. The number of aromatic nitrogens is 1. The molecular weight excluding hydrogens is 263 g/mol. The molecule has 1 aromatic heterocycles. The highest BCUT2D eigenvalue weighted by Crippen LogP contribution is 2.25. The number of alkyl halides is 1. The van der Waals surface area contributed by atoms with Crippen molar-refractivity contribution in [3.8, 4) is 11.1 Å². The lowest BCUT2D eigenvalue weighted by Crippen LogP contribution is -1.94. The summed E-state index contributed by atoms with van der Waals surface area (Å²) in [6.45, 7) is 3.90. The quantitative estimate of drug-likeness (QED) is 0.899. The molecule has 0 spiro atoms. The molecule has 21 heavy (non-hydrogen) atoms. The van der Waals surface area contributed by atoms with Crippen LogP contribution >= 0.6 is 0 Å². The Labute approximate surface area is 127 Å². The molecule has 0 aliphatic heterocycles. The first kappa shape index (κ1) is 17.3. The van der Waals surface area contributed by atoms with Crippen LogP contribution in [-0.4, -0.2) is 18.7 Å². The van der Waals surface area contributed by atoms with Gasteiger partial charge in [-0.3, -0.25) is 9.37 Å². The maximum Gasteiger partial charge on any atom is 0.0897 e. The van der Waals surface area contributed by atoms with Gasteiger partial charge >= 0.3 is 0 Å². The lowest BCUT2D eigenvalue weighted by Gasteiger charge is -2.10. The first-order chi connectivity index (χ1) is 10.2. The molecule has 0 bridgehead atoms. The molecule has 0 radical (unpaired) electrons. The van der Waals surface area contributed by atoms with Crippen LogP contribution in [0.1, 0.15) is 30.2 Å². The van der Waals surface area contributed by atoms with Crippen molar-refractivity contribution in [3.05, 3.63) is 53.3 Å². The van der Waals surface area contributed by atoms with Crippen LogP contribution in [0.3, 0.4) is 0 Å². The number of benzene rings is 1. The highest BCUT2D eigenvalue weighted by molar-refractivity contribution is 5.67. The maximum atomic E-state index is 12.2. The molecule has 0 unspecified atom stereocenters. The first-order valence-electron chi connectivity index (χ1n) is 7.43. The fourth-order valence-electron chi connectivity index (χ4n) is 2.27. The van der Waals surface area contributed by atoms with Crippen LogP contribution < -0.4 is 5.73 Å². The van der Waals surface area contributed by atoms with E-state index in [2.05, 4.69) is 41.9 Å². The minimum Gasteiger partial charge on any atom is -0.333 e. The van der Waals surface area contributed by atoms with Gasteiger partial charge in [0.05, 0.1) is 6.67 Å². The molecular formula is C18H25FN2. The van der Waals surface area contributed by atoms with Crippen molar-refractivity contribution < 1.29 is 4.39 Å². The lowest BCUT2D eigenvalue weighted by molar-refractivity contribution is 0.473. The Morgan fingerprint density at radius 3 is 2.48 bits per heavy atom. The van der Waals surface area contributed by atoms with E-state index in [0.717, 1.165) is 24.1 Å². The number of pyridine rings is 1. The Hall–Kier alpha value is -1.74. The normalized spacial score (nSPS) is 9.95. The number of aryl methyl sites for hydroxylation is 3. The smallest absolute Gasteiger partial charge is 0.0897 e. The summed E-state index contributed by atoms with van der Waals surface area (Å²) in [6, 6.07) is 10.6. The van der Waals surface area contributed by atoms with Crippen LogP contribution in [0.15, 0.2) is 36.5 Å². The van der Waals surface area contributed by atoms with Gasteiger partial charge in [0.15, 0.2) is 0 Å². The van der Waals surface area contributed by atoms with Gasteiger partial charge in [0.25, 0.3) is 0 Å². The molecule has 3 heteroatoms. The largest absolute Gasteiger partial charge is 0.333 e. The van der Waals surface area contributed by atoms with Crippen molar-refractivity contribution in [3.63, 3.8) is 0 Å². The third-order valence-electron chi connectivity index (χ3n) is 3.37. The molecule has 0 saturated heterocycles. The van der Waals surface area contributed by atoms with E-state index in [1.54, 1.807) is 0 Å². The number of hydrogen-bond acceptors (Lipinski definition) is 2. The van der Waals surface area contributed by atoms with E-state index in [1.165, 1.54) is 23.7 Å². The van der Waals surface area contributed by atoms with Gasteiger partial charge in [0.2, 0.25) is 0 Å². The maximum absolute atomic E-state index is 12.2. The number of halogens is 1. The van der Waals surface area contributed by atoms with Crippen LogP contribution in [0.2, 0.25) is 0 Å². The van der Waals surface area contributed by atoms with Crippen molar-refractivity contribution in [2.45, 2.75) is 33.1 Å². The molecule has 0 aliphatic carbocycles. The summed E-state index contributed by atoms with van der Waals surface area (Å²) in [4.78, 5) is 4.35. The van der Waals surface area contributed by atoms with E-state index < -0.39 is 0 Å². The molecule has 1 heterocycles. The zero-order valence-electron chi connectivity index (χ0n) is 13.2. The molecule has 0 aliphatic rings. The minimum atomic E-state index is -0.245. The van der Waals surface area contributed by atoms with Crippen molar-refractivity contribution >= 4 is 0 Å². The second-order valence-electron chi connectivity index (χ2n) is 4.83. The van der Waals surface area contributed by atoms with E-state index >= 15 is 0 Å².